The van der Waals surface area contributed by atoms with E-state index in [1.165, 1.54) is 0 Å². The molecule has 0 spiro atoms. The SMILES string of the molecule is CCOC(=O)c1[nH]c(C=O)c(Br)c1C. The number of rotatable bonds is 3. The highest BCUT2D eigenvalue weighted by molar-refractivity contribution is 9.10. The first kappa shape index (κ1) is 11.0. The van der Waals surface area contributed by atoms with Crippen molar-refractivity contribution in [2.24, 2.45) is 0 Å². The predicted molar refractivity (Wildman–Crippen MR) is 54.6 cm³/mol. The van der Waals surface area contributed by atoms with E-state index >= 15 is 0 Å². The van der Waals surface area contributed by atoms with Crippen molar-refractivity contribution in [1.29, 1.82) is 0 Å². The van der Waals surface area contributed by atoms with E-state index in [4.69, 9.17) is 4.74 Å². The average Bonchev–Trinajstić information content (AvgIpc) is 2.44. The summed E-state index contributed by atoms with van der Waals surface area (Å²) in [5.74, 6) is -0.446. The van der Waals surface area contributed by atoms with Crippen LogP contribution in [0.15, 0.2) is 4.47 Å². The van der Waals surface area contributed by atoms with Crippen molar-refractivity contribution in [3.63, 3.8) is 0 Å². The summed E-state index contributed by atoms with van der Waals surface area (Å²) in [6, 6.07) is 0. The predicted octanol–water partition coefficient (Wildman–Crippen LogP) is 2.07. The normalized spacial score (nSPS) is 9.93. The zero-order valence-corrected chi connectivity index (χ0v) is 9.47. The van der Waals surface area contributed by atoms with Crippen LogP contribution in [0, 0.1) is 6.92 Å². The van der Waals surface area contributed by atoms with Crippen LogP contribution in [-0.2, 0) is 4.74 Å². The Bertz CT molecular complexity index is 370. The van der Waals surface area contributed by atoms with Gasteiger partial charge in [-0.2, -0.15) is 0 Å². The number of H-pyrrole nitrogens is 1. The topological polar surface area (TPSA) is 59.2 Å². The van der Waals surface area contributed by atoms with E-state index in [1.807, 2.05) is 0 Å². The third-order valence-corrected chi connectivity index (χ3v) is 2.82. The van der Waals surface area contributed by atoms with Crippen molar-refractivity contribution in [1.82, 2.24) is 4.98 Å². The van der Waals surface area contributed by atoms with Gasteiger partial charge in [0.1, 0.15) is 5.69 Å². The first-order chi connectivity index (χ1) is 6.61. The number of nitrogens with one attached hydrogen (secondary N) is 1. The first-order valence-corrected chi connectivity index (χ1v) is 4.91. The number of halogens is 1. The van der Waals surface area contributed by atoms with Gasteiger partial charge < -0.3 is 9.72 Å². The van der Waals surface area contributed by atoms with Crippen LogP contribution in [0.25, 0.3) is 0 Å². The maximum Gasteiger partial charge on any atom is 0.355 e. The molecule has 1 aromatic rings. The molecule has 0 unspecified atom stereocenters. The fraction of sp³-hybridized carbons (Fsp3) is 0.333. The number of hydrogen-bond acceptors (Lipinski definition) is 3. The van der Waals surface area contributed by atoms with Crippen LogP contribution < -0.4 is 0 Å². The molecule has 0 aromatic carbocycles. The molecule has 0 saturated heterocycles. The smallest absolute Gasteiger partial charge is 0.355 e. The summed E-state index contributed by atoms with van der Waals surface area (Å²) in [6.07, 6.45) is 0.653. The number of carbonyl (C=O) groups excluding carboxylic acids is 2. The molecule has 76 valence electrons. The second-order valence-corrected chi connectivity index (χ2v) is 3.48. The van der Waals surface area contributed by atoms with Crippen LogP contribution in [0.3, 0.4) is 0 Å². The Kier molecular flexibility index (Phi) is 3.46. The van der Waals surface area contributed by atoms with Gasteiger partial charge in [-0.25, -0.2) is 4.79 Å². The highest BCUT2D eigenvalue weighted by atomic mass is 79.9. The number of hydrogen-bond donors (Lipinski definition) is 1. The molecule has 0 saturated carbocycles. The molecule has 0 bridgehead atoms. The van der Waals surface area contributed by atoms with Crippen LogP contribution in [0.5, 0.6) is 0 Å². The molecular formula is C9H10BrNO3. The van der Waals surface area contributed by atoms with E-state index < -0.39 is 5.97 Å². The van der Waals surface area contributed by atoms with E-state index in [0.29, 0.717) is 34.3 Å². The number of esters is 1. The van der Waals surface area contributed by atoms with Crippen molar-refractivity contribution < 1.29 is 14.3 Å². The number of aromatic nitrogens is 1. The van der Waals surface area contributed by atoms with Crippen LogP contribution in [0.4, 0.5) is 0 Å². The van der Waals surface area contributed by atoms with Gasteiger partial charge >= 0.3 is 5.97 Å². The van der Waals surface area contributed by atoms with Crippen molar-refractivity contribution in [2.45, 2.75) is 13.8 Å². The van der Waals surface area contributed by atoms with Gasteiger partial charge in [0.05, 0.1) is 12.3 Å². The lowest BCUT2D eigenvalue weighted by molar-refractivity contribution is 0.0519. The Morgan fingerprint density at radius 3 is 2.71 bits per heavy atom. The lowest BCUT2D eigenvalue weighted by Crippen LogP contribution is -2.06. The van der Waals surface area contributed by atoms with E-state index in [2.05, 4.69) is 20.9 Å². The fourth-order valence-corrected chi connectivity index (χ4v) is 1.47. The summed E-state index contributed by atoms with van der Waals surface area (Å²) in [4.78, 5) is 24.6. The Morgan fingerprint density at radius 1 is 1.64 bits per heavy atom. The highest BCUT2D eigenvalue weighted by Crippen LogP contribution is 2.23. The first-order valence-electron chi connectivity index (χ1n) is 4.12. The Morgan fingerprint density at radius 2 is 2.29 bits per heavy atom. The van der Waals surface area contributed by atoms with Gasteiger partial charge in [0.15, 0.2) is 6.29 Å². The van der Waals surface area contributed by atoms with Gasteiger partial charge in [-0.1, -0.05) is 0 Å². The molecule has 0 radical (unpaired) electrons. The Hall–Kier alpha value is -1.10. The molecule has 0 aliphatic heterocycles. The van der Waals surface area contributed by atoms with Crippen molar-refractivity contribution >= 4 is 28.2 Å². The Labute approximate surface area is 89.8 Å². The fourth-order valence-electron chi connectivity index (χ4n) is 1.08. The molecule has 5 heteroatoms. The monoisotopic (exact) mass is 259 g/mol. The van der Waals surface area contributed by atoms with Crippen molar-refractivity contribution in [3.8, 4) is 0 Å². The average molecular weight is 260 g/mol. The minimum atomic E-state index is -0.446. The molecular weight excluding hydrogens is 250 g/mol. The van der Waals surface area contributed by atoms with Crippen molar-refractivity contribution in [3.05, 3.63) is 21.4 Å². The Balaban J connectivity index is 3.10. The molecule has 1 heterocycles. The van der Waals surface area contributed by atoms with Gasteiger partial charge in [0.2, 0.25) is 0 Å². The van der Waals surface area contributed by atoms with Crippen LogP contribution >= 0.6 is 15.9 Å². The maximum absolute atomic E-state index is 11.4. The molecule has 0 aliphatic carbocycles. The molecule has 1 aromatic heterocycles. The summed E-state index contributed by atoms with van der Waals surface area (Å²) < 4.78 is 5.42. The largest absolute Gasteiger partial charge is 0.461 e. The van der Waals surface area contributed by atoms with Gasteiger partial charge in [-0.15, -0.1) is 0 Å². The molecule has 14 heavy (non-hydrogen) atoms. The molecule has 0 fully saturated rings. The number of carbonyl (C=O) groups is 2. The maximum atomic E-state index is 11.4. The highest BCUT2D eigenvalue weighted by Gasteiger charge is 2.17. The van der Waals surface area contributed by atoms with Gasteiger partial charge in [0.25, 0.3) is 0 Å². The zero-order chi connectivity index (χ0) is 10.7. The minimum Gasteiger partial charge on any atom is -0.461 e. The molecule has 4 nitrogen and oxygen atoms in total. The van der Waals surface area contributed by atoms with E-state index in [0.717, 1.165) is 0 Å². The van der Waals surface area contributed by atoms with E-state index in [9.17, 15) is 9.59 Å². The summed E-state index contributed by atoms with van der Waals surface area (Å²) in [7, 11) is 0. The van der Waals surface area contributed by atoms with Crippen LogP contribution in [-0.4, -0.2) is 23.8 Å². The number of aromatic amines is 1. The van der Waals surface area contributed by atoms with E-state index in [1.54, 1.807) is 13.8 Å². The molecule has 0 atom stereocenters. The van der Waals surface area contributed by atoms with Crippen LogP contribution in [0.2, 0.25) is 0 Å². The van der Waals surface area contributed by atoms with Crippen molar-refractivity contribution in [2.75, 3.05) is 6.61 Å². The van der Waals surface area contributed by atoms with Crippen LogP contribution in [0.1, 0.15) is 33.5 Å². The summed E-state index contributed by atoms with van der Waals surface area (Å²) in [6.45, 7) is 3.77. The van der Waals surface area contributed by atoms with Gasteiger partial charge in [0, 0.05) is 4.47 Å². The number of ether oxygens (including phenoxy) is 1. The molecule has 1 N–H and O–H groups in total. The second kappa shape index (κ2) is 4.41. The lowest BCUT2D eigenvalue weighted by Gasteiger charge is -1.99. The quantitative estimate of drug-likeness (QED) is 0.668. The van der Waals surface area contributed by atoms with Gasteiger partial charge in [-0.05, 0) is 35.3 Å². The summed E-state index contributed by atoms with van der Waals surface area (Å²) in [5.41, 5.74) is 1.36. The standard InChI is InChI=1S/C9H10BrNO3/c1-3-14-9(13)8-5(2)7(10)6(4-12)11-8/h4,11H,3H2,1-2H3. The van der Waals surface area contributed by atoms with E-state index in [-0.39, 0.29) is 0 Å². The van der Waals surface area contributed by atoms with Gasteiger partial charge in [-0.3, -0.25) is 4.79 Å². The molecule has 1 rings (SSSR count). The summed E-state index contributed by atoms with van der Waals surface area (Å²) >= 11 is 3.21. The summed E-state index contributed by atoms with van der Waals surface area (Å²) in [5, 5.41) is 0. The molecule has 0 amide bonds. The second-order valence-electron chi connectivity index (χ2n) is 2.69. The number of aldehydes is 1. The molecule has 0 aliphatic rings. The third kappa shape index (κ3) is 1.87. The third-order valence-electron chi connectivity index (χ3n) is 1.80. The lowest BCUT2D eigenvalue weighted by atomic mass is 10.2. The zero-order valence-electron chi connectivity index (χ0n) is 7.89. The minimum absolute atomic E-state index is 0.311.